The molecule has 2 heterocycles. The van der Waals surface area contributed by atoms with Gasteiger partial charge in [-0.15, -0.1) is 13.2 Å². The second-order valence-electron chi connectivity index (χ2n) is 6.61. The van der Waals surface area contributed by atoms with Gasteiger partial charge < -0.3 is 14.7 Å². The number of hydrogen-bond acceptors (Lipinski definition) is 5. The number of rotatable bonds is 4. The minimum atomic E-state index is -4.84. The maximum atomic E-state index is 12.9. The van der Waals surface area contributed by atoms with Crippen molar-refractivity contribution in [2.45, 2.75) is 32.3 Å². The third kappa shape index (κ3) is 3.57. The van der Waals surface area contributed by atoms with Crippen molar-refractivity contribution < 1.29 is 32.6 Å². The van der Waals surface area contributed by atoms with E-state index in [1.54, 1.807) is 13.8 Å². The van der Waals surface area contributed by atoms with E-state index < -0.39 is 29.6 Å². The highest BCUT2D eigenvalue weighted by molar-refractivity contribution is 6.22. The Bertz CT molecular complexity index is 913. The summed E-state index contributed by atoms with van der Waals surface area (Å²) in [7, 11) is 0. The van der Waals surface area contributed by atoms with Gasteiger partial charge in [0.1, 0.15) is 17.0 Å². The molecule has 1 aliphatic rings. The normalized spacial score (nSPS) is 16.6. The van der Waals surface area contributed by atoms with Crippen LogP contribution in [0.5, 0.6) is 11.5 Å². The predicted molar refractivity (Wildman–Crippen MR) is 91.5 cm³/mol. The van der Waals surface area contributed by atoms with Gasteiger partial charge in [-0.05, 0) is 44.2 Å². The highest BCUT2D eigenvalue weighted by atomic mass is 19.4. The number of halogens is 3. The van der Waals surface area contributed by atoms with Gasteiger partial charge in [-0.25, -0.2) is 9.69 Å². The summed E-state index contributed by atoms with van der Waals surface area (Å²) in [6, 6.07) is 5.30. The van der Waals surface area contributed by atoms with Crippen LogP contribution in [0.15, 0.2) is 42.7 Å². The zero-order valence-corrected chi connectivity index (χ0v) is 14.9. The third-order valence-corrected chi connectivity index (χ3v) is 4.37. The van der Waals surface area contributed by atoms with Gasteiger partial charge in [0, 0.05) is 11.8 Å². The fourth-order valence-corrected chi connectivity index (χ4v) is 2.84. The maximum Gasteiger partial charge on any atom is 0.573 e. The molecule has 28 heavy (non-hydrogen) atoms. The number of carbonyl (C=O) groups is 2. The summed E-state index contributed by atoms with van der Waals surface area (Å²) >= 11 is 0. The average molecular weight is 395 g/mol. The van der Waals surface area contributed by atoms with E-state index in [0.717, 1.165) is 17.0 Å². The first kappa shape index (κ1) is 19.5. The number of benzene rings is 1. The lowest BCUT2D eigenvalue weighted by molar-refractivity contribution is -0.274. The molecule has 2 aromatic rings. The van der Waals surface area contributed by atoms with Crippen molar-refractivity contribution in [3.8, 4) is 11.5 Å². The van der Waals surface area contributed by atoms with E-state index >= 15 is 0 Å². The van der Waals surface area contributed by atoms with E-state index in [2.05, 4.69) is 9.72 Å². The molecule has 1 saturated heterocycles. The highest BCUT2D eigenvalue weighted by Gasteiger charge is 2.51. The van der Waals surface area contributed by atoms with E-state index in [-0.39, 0.29) is 18.0 Å². The van der Waals surface area contributed by atoms with Gasteiger partial charge in [0.2, 0.25) is 0 Å². The van der Waals surface area contributed by atoms with Crippen LogP contribution in [0.25, 0.3) is 0 Å². The molecule has 1 aromatic carbocycles. The molecule has 1 fully saturated rings. The van der Waals surface area contributed by atoms with Gasteiger partial charge in [0.05, 0.1) is 18.4 Å². The van der Waals surface area contributed by atoms with E-state index in [1.807, 2.05) is 0 Å². The molecule has 0 unspecified atom stereocenters. The second kappa shape index (κ2) is 6.70. The number of nitrogens with zero attached hydrogens (tertiary/aromatic N) is 3. The SMILES string of the molecule is CC1(C)C(=O)N(c2ccc(OC(F)(F)F)cc2)C(=O)N1Cc1ccncc1O. The molecule has 0 radical (unpaired) electrons. The molecular weight excluding hydrogens is 379 g/mol. The first-order chi connectivity index (χ1) is 13.0. The maximum absolute atomic E-state index is 12.9. The minimum absolute atomic E-state index is 0.0440. The zero-order chi connectivity index (χ0) is 20.7. The predicted octanol–water partition coefficient (Wildman–Crippen LogP) is 3.43. The molecule has 0 bridgehead atoms. The van der Waals surface area contributed by atoms with Crippen molar-refractivity contribution in [2.24, 2.45) is 0 Å². The number of aromatic nitrogens is 1. The van der Waals surface area contributed by atoms with Gasteiger partial charge in [0.25, 0.3) is 5.91 Å². The lowest BCUT2D eigenvalue weighted by Gasteiger charge is -2.27. The molecule has 10 heteroatoms. The summed E-state index contributed by atoms with van der Waals surface area (Å²) in [6.45, 7) is 3.05. The first-order valence-corrected chi connectivity index (χ1v) is 8.14. The van der Waals surface area contributed by atoms with Crippen LogP contribution in [0.4, 0.5) is 23.7 Å². The van der Waals surface area contributed by atoms with E-state index in [4.69, 9.17) is 0 Å². The number of carbonyl (C=O) groups excluding carboxylic acids is 2. The fourth-order valence-electron chi connectivity index (χ4n) is 2.84. The fraction of sp³-hybridized carbons (Fsp3) is 0.278. The Morgan fingerprint density at radius 3 is 2.36 bits per heavy atom. The number of hydrogen-bond donors (Lipinski definition) is 1. The standard InChI is InChI=1S/C18H16F3N3O4/c1-17(2)15(26)24(12-3-5-13(6-4-12)28-18(19,20)21)16(27)23(17)10-11-7-8-22-9-14(11)25/h3-9,25H,10H2,1-2H3. The summed E-state index contributed by atoms with van der Waals surface area (Å²) in [4.78, 5) is 31.6. The van der Waals surface area contributed by atoms with Crippen LogP contribution in [-0.4, -0.2) is 38.8 Å². The molecule has 1 aromatic heterocycles. The van der Waals surface area contributed by atoms with Gasteiger partial charge in [-0.1, -0.05) is 0 Å². The summed E-state index contributed by atoms with van der Waals surface area (Å²) in [5.41, 5.74) is -0.715. The van der Waals surface area contributed by atoms with Crippen LogP contribution in [-0.2, 0) is 11.3 Å². The molecule has 7 nitrogen and oxygen atoms in total. The molecular formula is C18H16F3N3O4. The Hall–Kier alpha value is -3.30. The first-order valence-electron chi connectivity index (χ1n) is 8.14. The minimum Gasteiger partial charge on any atom is -0.506 e. The van der Waals surface area contributed by atoms with Crippen LogP contribution in [0.3, 0.4) is 0 Å². The largest absolute Gasteiger partial charge is 0.573 e. The van der Waals surface area contributed by atoms with Crippen molar-refractivity contribution in [2.75, 3.05) is 4.90 Å². The lowest BCUT2D eigenvalue weighted by atomic mass is 10.0. The molecule has 1 N–H and O–H groups in total. The van der Waals surface area contributed by atoms with Crippen molar-refractivity contribution in [3.63, 3.8) is 0 Å². The highest BCUT2D eigenvalue weighted by Crippen LogP contribution is 2.35. The van der Waals surface area contributed by atoms with Crippen molar-refractivity contribution in [1.82, 2.24) is 9.88 Å². The number of pyridine rings is 1. The average Bonchev–Trinajstić information content (AvgIpc) is 2.76. The second-order valence-corrected chi connectivity index (χ2v) is 6.61. The Balaban J connectivity index is 1.88. The molecule has 3 amide bonds. The number of imide groups is 1. The molecule has 1 aliphatic heterocycles. The Morgan fingerprint density at radius 1 is 1.14 bits per heavy atom. The third-order valence-electron chi connectivity index (χ3n) is 4.37. The summed E-state index contributed by atoms with van der Waals surface area (Å²) in [5, 5.41) is 9.89. The van der Waals surface area contributed by atoms with Crippen LogP contribution >= 0.6 is 0 Å². The van der Waals surface area contributed by atoms with Crippen molar-refractivity contribution in [1.29, 1.82) is 0 Å². The quantitative estimate of drug-likeness (QED) is 0.802. The van der Waals surface area contributed by atoms with E-state index in [1.165, 1.54) is 35.5 Å². The number of anilines is 1. The number of alkyl halides is 3. The molecule has 0 saturated carbocycles. The Labute approximate surface area is 158 Å². The summed E-state index contributed by atoms with van der Waals surface area (Å²) in [6.07, 6.45) is -2.17. The van der Waals surface area contributed by atoms with Crippen LogP contribution in [0.1, 0.15) is 19.4 Å². The summed E-state index contributed by atoms with van der Waals surface area (Å²) in [5.74, 6) is -1.13. The number of amides is 3. The van der Waals surface area contributed by atoms with Crippen LogP contribution in [0.2, 0.25) is 0 Å². The molecule has 0 atom stereocenters. The molecule has 148 valence electrons. The van der Waals surface area contributed by atoms with Gasteiger partial charge >= 0.3 is 12.4 Å². The molecule has 3 rings (SSSR count). The number of ether oxygens (including phenoxy) is 1. The lowest BCUT2D eigenvalue weighted by Crippen LogP contribution is -2.43. The Kier molecular flexibility index (Phi) is 4.66. The van der Waals surface area contributed by atoms with Gasteiger partial charge in [-0.3, -0.25) is 9.78 Å². The van der Waals surface area contributed by atoms with E-state index in [9.17, 15) is 27.9 Å². The van der Waals surface area contributed by atoms with Crippen molar-refractivity contribution in [3.05, 3.63) is 48.3 Å². The van der Waals surface area contributed by atoms with Crippen LogP contribution < -0.4 is 9.64 Å². The smallest absolute Gasteiger partial charge is 0.506 e. The molecule has 0 spiro atoms. The number of urea groups is 1. The van der Waals surface area contributed by atoms with Crippen LogP contribution in [0, 0.1) is 0 Å². The summed E-state index contributed by atoms with van der Waals surface area (Å²) < 4.78 is 40.7. The van der Waals surface area contributed by atoms with E-state index in [0.29, 0.717) is 5.56 Å². The molecule has 0 aliphatic carbocycles. The topological polar surface area (TPSA) is 83.0 Å². The Morgan fingerprint density at radius 2 is 1.79 bits per heavy atom. The zero-order valence-electron chi connectivity index (χ0n) is 14.9. The van der Waals surface area contributed by atoms with Crippen molar-refractivity contribution >= 4 is 17.6 Å². The monoisotopic (exact) mass is 395 g/mol. The number of aromatic hydroxyl groups is 1. The van der Waals surface area contributed by atoms with Gasteiger partial charge in [0.15, 0.2) is 0 Å². The van der Waals surface area contributed by atoms with Gasteiger partial charge in [-0.2, -0.15) is 0 Å².